The maximum Gasteiger partial charge on any atom is 0.269 e. The Morgan fingerprint density at radius 2 is 1.24 bits per heavy atom. The van der Waals surface area contributed by atoms with E-state index in [4.69, 9.17) is 12.6 Å². The second-order valence-corrected chi connectivity index (χ2v) is 6.25. The van der Waals surface area contributed by atoms with E-state index < -0.39 is 9.67 Å². The summed E-state index contributed by atoms with van der Waals surface area (Å²) in [7, 11) is 0. The summed E-state index contributed by atoms with van der Waals surface area (Å²) < 4.78 is -1.18. The van der Waals surface area contributed by atoms with Gasteiger partial charge in [0.1, 0.15) is 4.75 Å². The van der Waals surface area contributed by atoms with E-state index in [1.165, 1.54) is 24.3 Å². The van der Waals surface area contributed by atoms with E-state index in [1.807, 2.05) is 60.7 Å². The summed E-state index contributed by atoms with van der Waals surface area (Å²) in [6.45, 7) is 0. The van der Waals surface area contributed by atoms with Crippen LogP contribution in [0, 0.1) is 10.1 Å². The van der Waals surface area contributed by atoms with Gasteiger partial charge in [-0.15, -0.1) is 0 Å². The van der Waals surface area contributed by atoms with Crippen molar-refractivity contribution in [1.29, 1.82) is 0 Å². The van der Waals surface area contributed by atoms with Crippen LogP contribution in [-0.2, 0) is 4.75 Å². The van der Waals surface area contributed by atoms with Gasteiger partial charge in [-0.2, -0.15) is 12.6 Å². The van der Waals surface area contributed by atoms with Crippen LogP contribution in [-0.4, -0.2) is 10.7 Å². The number of nitrogens with zero attached hydrogens (tertiary/aromatic N) is 1. The molecule has 124 valence electrons. The molecule has 0 unspecified atom stereocenters. The molecule has 0 heterocycles. The lowest BCUT2D eigenvalue weighted by Gasteiger charge is -2.28. The Morgan fingerprint density at radius 1 is 0.800 bits per heavy atom. The second kappa shape index (κ2) is 6.91. The molecule has 4 nitrogen and oxygen atoms in total. The highest BCUT2D eigenvalue weighted by Gasteiger charge is 2.38. The number of carbonyl (C=O) groups excluding carboxylic acids is 1. The van der Waals surface area contributed by atoms with E-state index in [2.05, 4.69) is 0 Å². The fourth-order valence-corrected chi connectivity index (χ4v) is 3.16. The van der Waals surface area contributed by atoms with Crippen LogP contribution in [0.5, 0.6) is 0 Å². The number of carbonyl (C=O) groups is 1. The van der Waals surface area contributed by atoms with Crippen molar-refractivity contribution in [3.05, 3.63) is 112 Å². The molecule has 5 heteroatoms. The van der Waals surface area contributed by atoms with Gasteiger partial charge in [0.15, 0.2) is 5.78 Å². The molecule has 3 rings (SSSR count). The number of rotatable bonds is 5. The summed E-state index contributed by atoms with van der Waals surface area (Å²) in [6.07, 6.45) is 0. The molecule has 0 saturated carbocycles. The topological polar surface area (TPSA) is 60.2 Å². The van der Waals surface area contributed by atoms with Gasteiger partial charge >= 0.3 is 0 Å². The molecule has 0 atom stereocenters. The monoisotopic (exact) mass is 349 g/mol. The van der Waals surface area contributed by atoms with E-state index in [1.54, 1.807) is 0 Å². The summed E-state index contributed by atoms with van der Waals surface area (Å²) in [5, 5.41) is 10.8. The third kappa shape index (κ3) is 3.19. The van der Waals surface area contributed by atoms with Crippen molar-refractivity contribution < 1.29 is 9.72 Å². The number of nitro benzene ring substituents is 1. The predicted molar refractivity (Wildman–Crippen MR) is 100 cm³/mol. The smallest absolute Gasteiger partial charge is 0.269 e. The predicted octanol–water partition coefficient (Wildman–Crippen LogP) is 4.65. The van der Waals surface area contributed by atoms with Crippen molar-refractivity contribution in [2.45, 2.75) is 4.75 Å². The highest BCUT2D eigenvalue weighted by molar-refractivity contribution is 7.82. The Hall–Kier alpha value is -2.92. The van der Waals surface area contributed by atoms with Crippen LogP contribution >= 0.6 is 12.6 Å². The van der Waals surface area contributed by atoms with E-state index in [0.717, 1.165) is 11.1 Å². The summed E-state index contributed by atoms with van der Waals surface area (Å²) in [6, 6.07) is 24.2. The van der Waals surface area contributed by atoms with Crippen molar-refractivity contribution in [3.8, 4) is 0 Å². The number of nitro groups is 1. The van der Waals surface area contributed by atoms with Crippen molar-refractivity contribution in [3.63, 3.8) is 0 Å². The van der Waals surface area contributed by atoms with Gasteiger partial charge in [-0.25, -0.2) is 0 Å². The molecule has 0 bridgehead atoms. The first kappa shape index (κ1) is 16.9. The molecular weight excluding hydrogens is 334 g/mol. The number of ketones is 1. The number of hydrogen-bond acceptors (Lipinski definition) is 4. The standard InChI is InChI=1S/C20H15NO3S/c22-19(15-11-13-18(14-12-15)21(23)24)20(25,16-7-3-1-4-8-16)17-9-5-2-6-10-17/h1-14,25H. The van der Waals surface area contributed by atoms with Crippen molar-refractivity contribution in [1.82, 2.24) is 0 Å². The van der Waals surface area contributed by atoms with Crippen LogP contribution in [0.25, 0.3) is 0 Å². The van der Waals surface area contributed by atoms with Crippen LogP contribution in [0.15, 0.2) is 84.9 Å². The number of hydrogen-bond donors (Lipinski definition) is 1. The SMILES string of the molecule is O=C(c1ccc([N+](=O)[O-])cc1)C(S)(c1ccccc1)c1ccccc1. The number of non-ortho nitro benzene ring substituents is 1. The zero-order valence-corrected chi connectivity index (χ0v) is 14.1. The second-order valence-electron chi connectivity index (χ2n) is 5.58. The molecule has 0 aliphatic rings. The normalized spacial score (nSPS) is 11.1. The van der Waals surface area contributed by atoms with Crippen molar-refractivity contribution in [2.24, 2.45) is 0 Å². The molecule has 0 spiro atoms. The van der Waals surface area contributed by atoms with Crippen LogP contribution in [0.4, 0.5) is 5.69 Å². The van der Waals surface area contributed by atoms with E-state index >= 15 is 0 Å². The first-order chi connectivity index (χ1) is 12.0. The van der Waals surface area contributed by atoms with E-state index in [9.17, 15) is 14.9 Å². The molecule has 0 saturated heterocycles. The van der Waals surface area contributed by atoms with Crippen LogP contribution < -0.4 is 0 Å². The maximum atomic E-state index is 13.3. The Labute approximate surface area is 150 Å². The molecule has 3 aromatic rings. The molecule has 0 fully saturated rings. The van der Waals surface area contributed by atoms with Crippen LogP contribution in [0.3, 0.4) is 0 Å². The number of Topliss-reactive ketones (excluding diaryl/α,β-unsaturated/α-hetero) is 1. The molecule has 0 amide bonds. The van der Waals surface area contributed by atoms with Gasteiger partial charge in [0.05, 0.1) is 4.92 Å². The number of thiol groups is 1. The Balaban J connectivity index is 2.12. The summed E-state index contributed by atoms with van der Waals surface area (Å²) in [4.78, 5) is 23.6. The minimum absolute atomic E-state index is 0.0549. The van der Waals surface area contributed by atoms with Gasteiger partial charge in [0.25, 0.3) is 5.69 Å². The van der Waals surface area contributed by atoms with Crippen LogP contribution in [0.2, 0.25) is 0 Å². The lowest BCUT2D eigenvalue weighted by atomic mass is 9.83. The molecule has 0 aliphatic heterocycles. The van der Waals surface area contributed by atoms with Gasteiger partial charge in [0, 0.05) is 17.7 Å². The Bertz CT molecular complexity index is 854. The average Bonchev–Trinajstić information content (AvgIpc) is 2.68. The Morgan fingerprint density at radius 3 is 1.64 bits per heavy atom. The molecule has 25 heavy (non-hydrogen) atoms. The maximum absolute atomic E-state index is 13.3. The van der Waals surface area contributed by atoms with Crippen LogP contribution in [0.1, 0.15) is 21.5 Å². The first-order valence-corrected chi connectivity index (χ1v) is 8.11. The highest BCUT2D eigenvalue weighted by atomic mass is 32.1. The minimum atomic E-state index is -1.18. The quantitative estimate of drug-likeness (QED) is 0.316. The van der Waals surface area contributed by atoms with Gasteiger partial charge in [-0.1, -0.05) is 60.7 Å². The minimum Gasteiger partial charge on any atom is -0.292 e. The zero-order chi connectivity index (χ0) is 17.9. The summed E-state index contributed by atoms with van der Waals surface area (Å²) in [5.74, 6) is -0.233. The summed E-state index contributed by atoms with van der Waals surface area (Å²) >= 11 is 4.79. The van der Waals surface area contributed by atoms with E-state index in [0.29, 0.717) is 5.56 Å². The highest BCUT2D eigenvalue weighted by Crippen LogP contribution is 2.39. The molecule has 0 radical (unpaired) electrons. The fraction of sp³-hybridized carbons (Fsp3) is 0.0500. The molecule has 0 aromatic heterocycles. The van der Waals surface area contributed by atoms with Gasteiger partial charge in [-0.05, 0) is 23.3 Å². The lowest BCUT2D eigenvalue weighted by molar-refractivity contribution is -0.384. The zero-order valence-electron chi connectivity index (χ0n) is 13.2. The molecular formula is C20H15NO3S. The average molecular weight is 349 g/mol. The fourth-order valence-electron chi connectivity index (χ4n) is 2.73. The van der Waals surface area contributed by atoms with E-state index in [-0.39, 0.29) is 11.5 Å². The Kier molecular flexibility index (Phi) is 4.67. The largest absolute Gasteiger partial charge is 0.292 e. The molecule has 0 aliphatic carbocycles. The van der Waals surface area contributed by atoms with Crippen molar-refractivity contribution in [2.75, 3.05) is 0 Å². The van der Waals surface area contributed by atoms with Crippen molar-refractivity contribution >= 4 is 24.1 Å². The summed E-state index contributed by atoms with van der Waals surface area (Å²) in [5.41, 5.74) is 1.80. The first-order valence-electron chi connectivity index (χ1n) is 7.66. The third-order valence-corrected chi connectivity index (χ3v) is 4.77. The molecule has 0 N–H and O–H groups in total. The lowest BCUT2D eigenvalue weighted by Crippen LogP contribution is -2.31. The van der Waals surface area contributed by atoms with Gasteiger partial charge in [-0.3, -0.25) is 14.9 Å². The molecule has 3 aromatic carbocycles. The third-order valence-electron chi connectivity index (χ3n) is 4.05. The van der Waals surface area contributed by atoms with Gasteiger partial charge < -0.3 is 0 Å². The van der Waals surface area contributed by atoms with Gasteiger partial charge in [0.2, 0.25) is 0 Å². The number of benzene rings is 3.